The Kier molecular flexibility index (Phi) is 6.02. The molecule has 21 heavy (non-hydrogen) atoms. The maximum Gasteiger partial charge on any atom is 0.0766 e. The minimum atomic E-state index is 0.0589. The molecular weight excluding hydrogens is 396 g/mol. The van der Waals surface area contributed by atoms with E-state index in [1.54, 1.807) is 0 Å². The normalized spacial score (nSPS) is 12.6. The van der Waals surface area contributed by atoms with Crippen LogP contribution in [-0.2, 0) is 19.4 Å². The summed E-state index contributed by atoms with van der Waals surface area (Å²) in [6, 6.07) is 8.07. The lowest BCUT2D eigenvalue weighted by atomic mass is 9.95. The Hall–Kier alpha value is -0.650. The van der Waals surface area contributed by atoms with E-state index >= 15 is 0 Å². The SMILES string of the molecule is CCc1nn(CC)c(CC(CO)c2ccccc2Br)c1Br. The van der Waals surface area contributed by atoms with Crippen LogP contribution in [0.3, 0.4) is 0 Å². The largest absolute Gasteiger partial charge is 0.396 e. The molecule has 0 spiro atoms. The van der Waals surface area contributed by atoms with Crippen molar-refractivity contribution < 1.29 is 5.11 Å². The van der Waals surface area contributed by atoms with Crippen molar-refractivity contribution >= 4 is 31.9 Å². The quantitative estimate of drug-likeness (QED) is 0.763. The Bertz CT molecular complexity index is 610. The first-order valence-electron chi connectivity index (χ1n) is 7.21. The Morgan fingerprint density at radius 3 is 2.52 bits per heavy atom. The molecule has 0 aliphatic heterocycles. The van der Waals surface area contributed by atoms with E-state index in [9.17, 15) is 5.11 Å². The van der Waals surface area contributed by atoms with Crippen molar-refractivity contribution in [3.05, 3.63) is 50.2 Å². The molecule has 0 fully saturated rings. The van der Waals surface area contributed by atoms with E-state index in [1.807, 2.05) is 22.9 Å². The van der Waals surface area contributed by atoms with E-state index in [4.69, 9.17) is 0 Å². The maximum atomic E-state index is 9.82. The predicted molar refractivity (Wildman–Crippen MR) is 92.7 cm³/mol. The molecule has 0 aliphatic carbocycles. The van der Waals surface area contributed by atoms with Gasteiger partial charge in [0.15, 0.2) is 0 Å². The molecule has 1 N–H and O–H groups in total. The summed E-state index contributed by atoms with van der Waals surface area (Å²) in [6.45, 7) is 5.15. The zero-order valence-electron chi connectivity index (χ0n) is 12.3. The van der Waals surface area contributed by atoms with Gasteiger partial charge in [0.1, 0.15) is 0 Å². The van der Waals surface area contributed by atoms with Crippen LogP contribution in [0, 0.1) is 0 Å². The Balaban J connectivity index is 2.35. The number of rotatable bonds is 6. The molecule has 1 aromatic carbocycles. The molecule has 3 nitrogen and oxygen atoms in total. The smallest absolute Gasteiger partial charge is 0.0766 e. The highest BCUT2D eigenvalue weighted by molar-refractivity contribution is 9.10. The lowest BCUT2D eigenvalue weighted by Crippen LogP contribution is -2.13. The van der Waals surface area contributed by atoms with Gasteiger partial charge in [-0.15, -0.1) is 0 Å². The fraction of sp³-hybridized carbons (Fsp3) is 0.438. The maximum absolute atomic E-state index is 9.82. The Morgan fingerprint density at radius 1 is 1.24 bits per heavy atom. The Morgan fingerprint density at radius 2 is 1.95 bits per heavy atom. The topological polar surface area (TPSA) is 38.0 Å². The Labute approximate surface area is 142 Å². The summed E-state index contributed by atoms with van der Waals surface area (Å²) in [5.74, 6) is 0.0589. The highest BCUT2D eigenvalue weighted by atomic mass is 79.9. The third-order valence-electron chi connectivity index (χ3n) is 3.70. The van der Waals surface area contributed by atoms with Gasteiger partial charge in [-0.25, -0.2) is 0 Å². The average Bonchev–Trinajstić information content (AvgIpc) is 2.81. The molecule has 0 aliphatic rings. The molecule has 1 atom stereocenters. The lowest BCUT2D eigenvalue weighted by Gasteiger charge is -2.17. The van der Waals surface area contributed by atoms with Gasteiger partial charge in [-0.3, -0.25) is 4.68 Å². The molecule has 2 aromatic rings. The fourth-order valence-electron chi connectivity index (χ4n) is 2.52. The number of benzene rings is 1. The zero-order valence-corrected chi connectivity index (χ0v) is 15.5. The van der Waals surface area contributed by atoms with Crippen molar-refractivity contribution in [3.63, 3.8) is 0 Å². The number of aliphatic hydroxyl groups excluding tert-OH is 1. The molecule has 2 rings (SSSR count). The number of halogens is 2. The molecule has 1 aromatic heterocycles. The van der Waals surface area contributed by atoms with Crippen LogP contribution in [0.2, 0.25) is 0 Å². The fourth-order valence-corrected chi connectivity index (χ4v) is 3.86. The summed E-state index contributed by atoms with van der Waals surface area (Å²) in [7, 11) is 0. The van der Waals surface area contributed by atoms with Gasteiger partial charge >= 0.3 is 0 Å². The zero-order chi connectivity index (χ0) is 15.4. The van der Waals surface area contributed by atoms with Crippen LogP contribution in [0.1, 0.15) is 36.7 Å². The number of hydrogen-bond donors (Lipinski definition) is 1. The number of aryl methyl sites for hydroxylation is 2. The summed E-state index contributed by atoms with van der Waals surface area (Å²) in [4.78, 5) is 0. The molecule has 0 saturated heterocycles. The second kappa shape index (κ2) is 7.56. The first kappa shape index (κ1) is 16.7. The third-order valence-corrected chi connectivity index (χ3v) is 5.34. The van der Waals surface area contributed by atoms with Gasteiger partial charge in [0.05, 0.1) is 22.5 Å². The molecule has 0 radical (unpaired) electrons. The number of nitrogens with zero attached hydrogens (tertiary/aromatic N) is 2. The van der Waals surface area contributed by atoms with Crippen LogP contribution >= 0.6 is 31.9 Å². The molecule has 114 valence electrons. The van der Waals surface area contributed by atoms with Gasteiger partial charge in [0.25, 0.3) is 0 Å². The van der Waals surface area contributed by atoms with Gasteiger partial charge in [-0.1, -0.05) is 41.1 Å². The first-order chi connectivity index (χ1) is 10.1. The number of aliphatic hydroxyl groups is 1. The van der Waals surface area contributed by atoms with Crippen LogP contribution in [0.5, 0.6) is 0 Å². The third kappa shape index (κ3) is 3.58. The van der Waals surface area contributed by atoms with Crippen LogP contribution in [-0.4, -0.2) is 21.5 Å². The van der Waals surface area contributed by atoms with Crippen LogP contribution < -0.4 is 0 Å². The minimum absolute atomic E-state index is 0.0589. The van der Waals surface area contributed by atoms with Crippen molar-refractivity contribution in [1.82, 2.24) is 9.78 Å². The molecule has 0 amide bonds. The molecular formula is C16H20Br2N2O. The summed E-state index contributed by atoms with van der Waals surface area (Å²) in [5.41, 5.74) is 3.37. The summed E-state index contributed by atoms with van der Waals surface area (Å²) in [6.07, 6.45) is 1.67. The standard InChI is InChI=1S/C16H20Br2N2O/c1-3-14-16(18)15(20(4-2)19-14)9-11(10-21)12-7-5-6-8-13(12)17/h5-8,11,21H,3-4,9-10H2,1-2H3. The summed E-state index contributed by atoms with van der Waals surface area (Å²) < 4.78 is 4.15. The minimum Gasteiger partial charge on any atom is -0.396 e. The van der Waals surface area contributed by atoms with Gasteiger partial charge in [0, 0.05) is 16.9 Å². The van der Waals surface area contributed by atoms with Crippen molar-refractivity contribution in [2.45, 2.75) is 39.2 Å². The molecule has 1 heterocycles. The van der Waals surface area contributed by atoms with Crippen molar-refractivity contribution in [1.29, 1.82) is 0 Å². The monoisotopic (exact) mass is 414 g/mol. The van der Waals surface area contributed by atoms with Crippen LogP contribution in [0.4, 0.5) is 0 Å². The van der Waals surface area contributed by atoms with Crippen LogP contribution in [0.25, 0.3) is 0 Å². The molecule has 0 saturated carbocycles. The predicted octanol–water partition coefficient (Wildman–Crippen LogP) is 4.31. The van der Waals surface area contributed by atoms with Crippen molar-refractivity contribution in [2.24, 2.45) is 0 Å². The molecule has 0 bridgehead atoms. The summed E-state index contributed by atoms with van der Waals surface area (Å²) >= 11 is 7.25. The van der Waals surface area contributed by atoms with E-state index in [0.29, 0.717) is 0 Å². The van der Waals surface area contributed by atoms with E-state index in [1.165, 1.54) is 0 Å². The molecule has 1 unspecified atom stereocenters. The lowest BCUT2D eigenvalue weighted by molar-refractivity contribution is 0.262. The van der Waals surface area contributed by atoms with E-state index in [0.717, 1.165) is 45.3 Å². The highest BCUT2D eigenvalue weighted by Gasteiger charge is 2.20. The number of aromatic nitrogens is 2. The van der Waals surface area contributed by atoms with Gasteiger partial charge < -0.3 is 5.11 Å². The van der Waals surface area contributed by atoms with Gasteiger partial charge in [-0.05, 0) is 47.3 Å². The van der Waals surface area contributed by atoms with Crippen molar-refractivity contribution in [3.8, 4) is 0 Å². The van der Waals surface area contributed by atoms with Crippen molar-refractivity contribution in [2.75, 3.05) is 6.61 Å². The second-order valence-corrected chi connectivity index (χ2v) is 6.63. The van der Waals surface area contributed by atoms with Gasteiger partial charge in [-0.2, -0.15) is 5.10 Å². The first-order valence-corrected chi connectivity index (χ1v) is 8.80. The molecule has 5 heteroatoms. The summed E-state index contributed by atoms with van der Waals surface area (Å²) in [5, 5.41) is 14.4. The highest BCUT2D eigenvalue weighted by Crippen LogP contribution is 2.31. The van der Waals surface area contributed by atoms with E-state index in [2.05, 4.69) is 56.9 Å². The van der Waals surface area contributed by atoms with Gasteiger partial charge in [0.2, 0.25) is 0 Å². The number of hydrogen-bond acceptors (Lipinski definition) is 2. The average molecular weight is 416 g/mol. The van der Waals surface area contributed by atoms with E-state index in [-0.39, 0.29) is 12.5 Å². The van der Waals surface area contributed by atoms with Crippen LogP contribution in [0.15, 0.2) is 33.2 Å². The second-order valence-electron chi connectivity index (χ2n) is 4.98. The van der Waals surface area contributed by atoms with E-state index < -0.39 is 0 Å².